The third kappa shape index (κ3) is 8.12. The molecule has 0 saturated carbocycles. The van der Waals surface area contributed by atoms with Gasteiger partial charge in [-0.1, -0.05) is 66.7 Å². The van der Waals surface area contributed by atoms with Crippen molar-refractivity contribution in [2.24, 2.45) is 0 Å². The van der Waals surface area contributed by atoms with Crippen molar-refractivity contribution in [3.05, 3.63) is 95.6 Å². The summed E-state index contributed by atoms with van der Waals surface area (Å²) in [6.45, 7) is 7.79. The maximum atomic E-state index is 14.0. The van der Waals surface area contributed by atoms with Crippen LogP contribution in [0.5, 0.6) is 5.75 Å². The van der Waals surface area contributed by atoms with Gasteiger partial charge in [0.15, 0.2) is 0 Å². The van der Waals surface area contributed by atoms with E-state index in [1.165, 1.54) is 17.5 Å². The summed E-state index contributed by atoms with van der Waals surface area (Å²) < 4.78 is 11.5. The first-order chi connectivity index (χ1) is 20.0. The summed E-state index contributed by atoms with van der Waals surface area (Å²) >= 11 is 0. The van der Waals surface area contributed by atoms with Gasteiger partial charge < -0.3 is 19.7 Å². The Balaban J connectivity index is 1.52. The Bertz CT molecular complexity index is 1370. The van der Waals surface area contributed by atoms with Crippen molar-refractivity contribution in [1.82, 2.24) is 10.2 Å². The molecule has 1 aliphatic heterocycles. The standard InChI is InChI=1S/C34H41N3O5/c1-24(36(5)33(40)42-34(2,3)4)31(38)35-29-19-17-27-16-18-28(41-21-20-25-12-8-6-9-13-25)22-30(27)37(32(29)39)23-26-14-10-7-11-15-26/h6-16,18,22,24,29H,17,19-21,23H2,1-5H3,(H,35,38)/t24-,29-/m0/s1. The van der Waals surface area contributed by atoms with Crippen molar-refractivity contribution in [2.45, 2.75) is 71.2 Å². The minimum absolute atomic E-state index is 0.209. The fourth-order valence-electron chi connectivity index (χ4n) is 4.78. The second kappa shape index (κ2) is 13.6. The largest absolute Gasteiger partial charge is 0.493 e. The van der Waals surface area contributed by atoms with Gasteiger partial charge in [0.05, 0.1) is 18.8 Å². The van der Waals surface area contributed by atoms with Crippen LogP contribution in [0.4, 0.5) is 10.5 Å². The lowest BCUT2D eigenvalue weighted by molar-refractivity contribution is -0.130. The summed E-state index contributed by atoms with van der Waals surface area (Å²) in [4.78, 5) is 42.8. The quantitative estimate of drug-likeness (QED) is 0.365. The lowest BCUT2D eigenvalue weighted by Crippen LogP contribution is -2.54. The number of aryl methyl sites for hydroxylation is 1. The number of anilines is 1. The molecule has 222 valence electrons. The average molecular weight is 572 g/mol. The van der Waals surface area contributed by atoms with Gasteiger partial charge in [0, 0.05) is 19.5 Å². The number of fused-ring (bicyclic) bond motifs is 1. The minimum atomic E-state index is -0.828. The monoisotopic (exact) mass is 571 g/mol. The third-order valence-electron chi connectivity index (χ3n) is 7.26. The first-order valence-corrected chi connectivity index (χ1v) is 14.4. The zero-order chi connectivity index (χ0) is 30.3. The molecule has 0 radical (unpaired) electrons. The molecule has 0 unspecified atom stereocenters. The van der Waals surface area contributed by atoms with Crippen LogP contribution in [0.15, 0.2) is 78.9 Å². The number of rotatable bonds is 9. The van der Waals surface area contributed by atoms with Gasteiger partial charge in [-0.3, -0.25) is 14.5 Å². The number of amides is 3. The number of benzene rings is 3. The Labute approximate surface area is 248 Å². The van der Waals surface area contributed by atoms with Crippen LogP contribution in [-0.4, -0.2) is 54.1 Å². The van der Waals surface area contributed by atoms with Crippen molar-refractivity contribution in [3.8, 4) is 5.75 Å². The predicted octanol–water partition coefficient (Wildman–Crippen LogP) is 5.53. The molecule has 1 heterocycles. The van der Waals surface area contributed by atoms with Crippen molar-refractivity contribution < 1.29 is 23.9 Å². The number of nitrogens with one attached hydrogen (secondary N) is 1. The van der Waals surface area contributed by atoms with Crippen LogP contribution >= 0.6 is 0 Å². The van der Waals surface area contributed by atoms with Crippen LogP contribution in [0.2, 0.25) is 0 Å². The van der Waals surface area contributed by atoms with E-state index in [4.69, 9.17) is 9.47 Å². The SMILES string of the molecule is C[C@@H](C(=O)N[C@H]1CCc2ccc(OCCc3ccccc3)cc2N(Cc2ccccc2)C1=O)N(C)C(=O)OC(C)(C)C. The topological polar surface area (TPSA) is 88.2 Å². The third-order valence-corrected chi connectivity index (χ3v) is 7.26. The molecule has 3 amide bonds. The van der Waals surface area contributed by atoms with E-state index in [0.29, 0.717) is 31.7 Å². The first kappa shape index (κ1) is 30.6. The van der Waals surface area contributed by atoms with E-state index in [1.54, 1.807) is 32.6 Å². The molecule has 0 aliphatic carbocycles. The Hall–Kier alpha value is -4.33. The Morgan fingerprint density at radius 2 is 1.64 bits per heavy atom. The van der Waals surface area contributed by atoms with Crippen molar-refractivity contribution in [3.63, 3.8) is 0 Å². The normalized spacial score (nSPS) is 15.7. The van der Waals surface area contributed by atoms with E-state index in [2.05, 4.69) is 17.4 Å². The van der Waals surface area contributed by atoms with Gasteiger partial charge in [-0.15, -0.1) is 0 Å². The second-order valence-corrected chi connectivity index (χ2v) is 11.7. The molecule has 1 aliphatic rings. The zero-order valence-electron chi connectivity index (χ0n) is 25.1. The van der Waals surface area contributed by atoms with Gasteiger partial charge in [-0.25, -0.2) is 4.79 Å². The smallest absolute Gasteiger partial charge is 0.410 e. The van der Waals surface area contributed by atoms with Gasteiger partial charge in [-0.05, 0) is 63.3 Å². The number of carbonyl (C=O) groups is 3. The molecule has 0 spiro atoms. The van der Waals surface area contributed by atoms with E-state index in [1.807, 2.05) is 66.7 Å². The number of likely N-dealkylation sites (N-methyl/N-ethyl adjacent to an activating group) is 1. The molecular weight excluding hydrogens is 530 g/mol. The molecule has 2 atom stereocenters. The van der Waals surface area contributed by atoms with E-state index < -0.39 is 29.7 Å². The van der Waals surface area contributed by atoms with E-state index in [9.17, 15) is 14.4 Å². The van der Waals surface area contributed by atoms with Crippen LogP contribution in [0, 0.1) is 0 Å². The lowest BCUT2D eigenvalue weighted by Gasteiger charge is -2.30. The molecule has 0 fully saturated rings. The summed E-state index contributed by atoms with van der Waals surface area (Å²) in [5.74, 6) is 0.0578. The molecule has 0 aromatic heterocycles. The van der Waals surface area contributed by atoms with Crippen LogP contribution in [0.25, 0.3) is 0 Å². The molecule has 1 N–H and O–H groups in total. The van der Waals surface area contributed by atoms with Crippen LogP contribution in [0.3, 0.4) is 0 Å². The Morgan fingerprint density at radius 3 is 2.29 bits per heavy atom. The summed E-state index contributed by atoms with van der Waals surface area (Å²) in [6, 6.07) is 24.2. The summed E-state index contributed by atoms with van der Waals surface area (Å²) in [6.07, 6.45) is 1.20. The van der Waals surface area contributed by atoms with Gasteiger partial charge in [0.2, 0.25) is 11.8 Å². The molecule has 3 aromatic rings. The van der Waals surface area contributed by atoms with Crippen molar-refractivity contribution >= 4 is 23.6 Å². The number of nitrogens with zero attached hydrogens (tertiary/aromatic N) is 2. The molecule has 3 aromatic carbocycles. The van der Waals surface area contributed by atoms with Crippen LogP contribution < -0.4 is 15.0 Å². The maximum absolute atomic E-state index is 14.0. The minimum Gasteiger partial charge on any atom is -0.493 e. The highest BCUT2D eigenvalue weighted by molar-refractivity contribution is 6.01. The molecule has 0 bridgehead atoms. The zero-order valence-corrected chi connectivity index (χ0v) is 25.1. The van der Waals surface area contributed by atoms with Gasteiger partial charge in [0.25, 0.3) is 0 Å². The second-order valence-electron chi connectivity index (χ2n) is 11.7. The predicted molar refractivity (Wildman–Crippen MR) is 163 cm³/mol. The van der Waals surface area contributed by atoms with Crippen LogP contribution in [-0.2, 0) is 33.7 Å². The number of hydrogen-bond acceptors (Lipinski definition) is 5. The van der Waals surface area contributed by atoms with E-state index in [-0.39, 0.29) is 5.91 Å². The van der Waals surface area contributed by atoms with E-state index in [0.717, 1.165) is 23.2 Å². The summed E-state index contributed by atoms with van der Waals surface area (Å²) in [5, 5.41) is 2.91. The number of ether oxygens (including phenoxy) is 2. The fourth-order valence-corrected chi connectivity index (χ4v) is 4.78. The maximum Gasteiger partial charge on any atom is 0.410 e. The molecular formula is C34H41N3O5. The fraction of sp³-hybridized carbons (Fsp3) is 0.382. The van der Waals surface area contributed by atoms with E-state index >= 15 is 0 Å². The highest BCUT2D eigenvalue weighted by atomic mass is 16.6. The first-order valence-electron chi connectivity index (χ1n) is 14.4. The van der Waals surface area contributed by atoms with Gasteiger partial charge in [-0.2, -0.15) is 0 Å². The van der Waals surface area contributed by atoms with Crippen LogP contribution in [0.1, 0.15) is 50.8 Å². The van der Waals surface area contributed by atoms with Crippen molar-refractivity contribution in [2.75, 3.05) is 18.6 Å². The Morgan fingerprint density at radius 1 is 1.00 bits per heavy atom. The molecule has 4 rings (SSSR count). The molecule has 8 heteroatoms. The van der Waals surface area contributed by atoms with Gasteiger partial charge >= 0.3 is 6.09 Å². The lowest BCUT2D eigenvalue weighted by atomic mass is 10.1. The molecule has 0 saturated heterocycles. The molecule has 8 nitrogen and oxygen atoms in total. The average Bonchev–Trinajstić information content (AvgIpc) is 3.08. The number of hydrogen-bond donors (Lipinski definition) is 1. The van der Waals surface area contributed by atoms with Gasteiger partial charge in [0.1, 0.15) is 23.4 Å². The Kier molecular flexibility index (Phi) is 9.88. The highest BCUT2D eigenvalue weighted by Crippen LogP contribution is 2.32. The highest BCUT2D eigenvalue weighted by Gasteiger charge is 2.34. The summed E-state index contributed by atoms with van der Waals surface area (Å²) in [5.41, 5.74) is 3.25. The summed E-state index contributed by atoms with van der Waals surface area (Å²) in [7, 11) is 1.52. The number of carbonyl (C=O) groups excluding carboxylic acids is 3. The van der Waals surface area contributed by atoms with Crippen molar-refractivity contribution in [1.29, 1.82) is 0 Å². The molecule has 42 heavy (non-hydrogen) atoms.